The predicted molar refractivity (Wildman–Crippen MR) is 101 cm³/mol. The molecule has 0 unspecified atom stereocenters. The second-order valence-corrected chi connectivity index (χ2v) is 11.3. The molecule has 23 heavy (non-hydrogen) atoms. The van der Waals surface area contributed by atoms with Crippen molar-refractivity contribution in [1.82, 2.24) is 4.67 Å². The van der Waals surface area contributed by atoms with Crippen LogP contribution in [0.25, 0.3) is 0 Å². The topological polar surface area (TPSA) is 12.5 Å². The molecule has 122 valence electrons. The minimum absolute atomic E-state index is 0.160. The molecule has 3 heteroatoms. The monoisotopic (exact) mass is 328 g/mol. The summed E-state index contributed by atoms with van der Waals surface area (Å²) in [5.74, 6) is 0. The Morgan fingerprint density at radius 3 is 1.61 bits per heavy atom. The smallest absolute Gasteiger partial charge is 0.153 e. The van der Waals surface area contributed by atoms with Gasteiger partial charge >= 0.3 is 0 Å². The van der Waals surface area contributed by atoms with Crippen molar-refractivity contribution in [2.75, 3.05) is 26.3 Å². The maximum Gasteiger partial charge on any atom is 0.153 e. The highest BCUT2D eigenvalue weighted by Gasteiger charge is 2.58. The summed E-state index contributed by atoms with van der Waals surface area (Å²) in [5.41, 5.74) is 0. The summed E-state index contributed by atoms with van der Waals surface area (Å²) in [6.07, 6.45) is 0. The van der Waals surface area contributed by atoms with Gasteiger partial charge in [0, 0.05) is 0 Å². The van der Waals surface area contributed by atoms with Crippen LogP contribution < -0.4 is 10.6 Å². The predicted octanol–water partition coefficient (Wildman–Crippen LogP) is 3.70. The van der Waals surface area contributed by atoms with E-state index in [9.17, 15) is 0 Å². The van der Waals surface area contributed by atoms with Crippen molar-refractivity contribution in [3.05, 3.63) is 60.7 Å². The van der Waals surface area contributed by atoms with E-state index in [4.69, 9.17) is 4.74 Å². The highest BCUT2D eigenvalue weighted by atomic mass is 31.2. The first-order chi connectivity index (χ1) is 11.1. The molecule has 1 aliphatic heterocycles. The molecule has 1 aliphatic rings. The summed E-state index contributed by atoms with van der Waals surface area (Å²) in [6.45, 7) is 10.9. The van der Waals surface area contributed by atoms with Gasteiger partial charge in [0.1, 0.15) is 10.6 Å². The van der Waals surface area contributed by atoms with Crippen LogP contribution in [0.4, 0.5) is 0 Å². The Morgan fingerprint density at radius 2 is 1.22 bits per heavy atom. The average Bonchev–Trinajstić information content (AvgIpc) is 2.57. The highest BCUT2D eigenvalue weighted by Crippen LogP contribution is 2.69. The number of rotatable bonds is 3. The molecule has 0 aromatic heterocycles. The number of nitrogens with zero attached hydrogens (tertiary/aromatic N) is 1. The van der Waals surface area contributed by atoms with Crippen LogP contribution >= 0.6 is 7.41 Å². The van der Waals surface area contributed by atoms with E-state index in [1.807, 2.05) is 0 Å². The molecule has 2 aromatic carbocycles. The molecule has 0 spiro atoms. The van der Waals surface area contributed by atoms with Gasteiger partial charge in [-0.25, -0.2) is 0 Å². The molecule has 0 radical (unpaired) electrons. The van der Waals surface area contributed by atoms with Gasteiger partial charge in [-0.2, -0.15) is 4.67 Å². The summed E-state index contributed by atoms with van der Waals surface area (Å²) < 4.78 is 8.38. The fourth-order valence-electron chi connectivity index (χ4n) is 3.82. The summed E-state index contributed by atoms with van der Waals surface area (Å²) in [5, 5.41) is 3.11. The lowest BCUT2D eigenvalue weighted by Crippen LogP contribution is -2.50. The molecule has 0 aliphatic carbocycles. The molecule has 2 nitrogen and oxygen atoms in total. The number of hydrogen-bond donors (Lipinski definition) is 0. The van der Waals surface area contributed by atoms with Gasteiger partial charge in [-0.05, 0) is 45.0 Å². The van der Waals surface area contributed by atoms with Gasteiger partial charge in [0.05, 0.1) is 31.5 Å². The van der Waals surface area contributed by atoms with Crippen molar-refractivity contribution in [2.45, 2.75) is 25.9 Å². The van der Waals surface area contributed by atoms with Crippen LogP contribution in [0.3, 0.4) is 0 Å². The number of ether oxygens (including phenoxy) is 1. The van der Waals surface area contributed by atoms with Gasteiger partial charge in [-0.1, -0.05) is 36.4 Å². The van der Waals surface area contributed by atoms with Crippen molar-refractivity contribution >= 4 is 18.0 Å². The molecule has 1 fully saturated rings. The van der Waals surface area contributed by atoms with E-state index in [1.54, 1.807) is 0 Å². The maximum absolute atomic E-state index is 5.66. The molecule has 1 saturated heterocycles. The minimum atomic E-state index is -1.71. The van der Waals surface area contributed by atoms with Crippen LogP contribution in [0.2, 0.25) is 0 Å². The Balaban J connectivity index is 2.25. The standard InChI is InChI=1S/C20H27NOP/c1-20(2,3)23(18-10-6-4-7-11-18,19-12-8-5-9-13-19)21-14-16-22-17-15-21/h4-13H,14-17H2,1-3H3/q+1. The van der Waals surface area contributed by atoms with Crippen molar-refractivity contribution in [3.63, 3.8) is 0 Å². The number of morpholine rings is 1. The van der Waals surface area contributed by atoms with Crippen LogP contribution in [-0.4, -0.2) is 36.1 Å². The Bertz CT molecular complexity index is 576. The van der Waals surface area contributed by atoms with Crippen LogP contribution in [-0.2, 0) is 4.74 Å². The molecule has 0 saturated carbocycles. The van der Waals surface area contributed by atoms with Crippen LogP contribution in [0.15, 0.2) is 60.7 Å². The molecule has 1 heterocycles. The molecule has 3 rings (SSSR count). The molecular weight excluding hydrogens is 301 g/mol. The number of hydrogen-bond acceptors (Lipinski definition) is 2. The van der Waals surface area contributed by atoms with Gasteiger partial charge in [-0.3, -0.25) is 0 Å². The van der Waals surface area contributed by atoms with E-state index in [0.29, 0.717) is 0 Å². The first-order valence-corrected chi connectivity index (χ1v) is 10.1. The maximum atomic E-state index is 5.66. The van der Waals surface area contributed by atoms with Gasteiger partial charge in [0.2, 0.25) is 0 Å². The number of benzene rings is 2. The Morgan fingerprint density at radius 1 is 0.783 bits per heavy atom. The van der Waals surface area contributed by atoms with E-state index in [2.05, 4.69) is 86.1 Å². The van der Waals surface area contributed by atoms with Gasteiger partial charge in [-0.15, -0.1) is 0 Å². The molecule has 0 N–H and O–H groups in total. The largest absolute Gasteiger partial charge is 0.379 e. The third-order valence-corrected chi connectivity index (χ3v) is 9.92. The van der Waals surface area contributed by atoms with Crippen molar-refractivity contribution in [2.24, 2.45) is 0 Å². The third-order valence-electron chi connectivity index (χ3n) is 4.64. The summed E-state index contributed by atoms with van der Waals surface area (Å²) in [4.78, 5) is 0. The van der Waals surface area contributed by atoms with Crippen molar-refractivity contribution in [3.8, 4) is 0 Å². The lowest BCUT2D eigenvalue weighted by Gasteiger charge is -2.46. The first kappa shape index (κ1) is 16.6. The van der Waals surface area contributed by atoms with Crippen molar-refractivity contribution in [1.29, 1.82) is 0 Å². The summed E-state index contributed by atoms with van der Waals surface area (Å²) >= 11 is 0. The van der Waals surface area contributed by atoms with Gasteiger partial charge < -0.3 is 4.74 Å². The van der Waals surface area contributed by atoms with Gasteiger partial charge in [0.15, 0.2) is 7.41 Å². The van der Waals surface area contributed by atoms with E-state index < -0.39 is 7.41 Å². The molecule has 0 bridgehead atoms. The Hall–Kier alpha value is -1.21. The fraction of sp³-hybridized carbons (Fsp3) is 0.400. The Labute approximate surface area is 140 Å². The third kappa shape index (κ3) is 2.96. The highest BCUT2D eigenvalue weighted by molar-refractivity contribution is 7.88. The lowest BCUT2D eigenvalue weighted by atomic mass is 10.2. The van der Waals surface area contributed by atoms with Gasteiger partial charge in [0.25, 0.3) is 0 Å². The second-order valence-electron chi connectivity index (χ2n) is 7.04. The molecule has 0 atom stereocenters. The van der Waals surface area contributed by atoms with E-state index in [1.165, 1.54) is 10.6 Å². The zero-order valence-corrected chi connectivity index (χ0v) is 15.3. The van der Waals surface area contributed by atoms with E-state index in [0.717, 1.165) is 26.3 Å². The zero-order valence-electron chi connectivity index (χ0n) is 14.4. The quantitative estimate of drug-likeness (QED) is 0.797. The molecule has 2 aromatic rings. The SMILES string of the molecule is CC(C)(C)[P+](c1ccccc1)(c1ccccc1)N1CCOCC1. The summed E-state index contributed by atoms with van der Waals surface area (Å²) in [6, 6.07) is 22.2. The molecule has 0 amide bonds. The molecular formula is C20H27NOP+. The van der Waals surface area contributed by atoms with Crippen LogP contribution in [0.1, 0.15) is 20.8 Å². The Kier molecular flexibility index (Phi) is 4.87. The van der Waals surface area contributed by atoms with E-state index in [-0.39, 0.29) is 5.16 Å². The first-order valence-electron chi connectivity index (χ1n) is 8.40. The summed E-state index contributed by atoms with van der Waals surface area (Å²) in [7, 11) is -1.71. The van der Waals surface area contributed by atoms with Crippen LogP contribution in [0, 0.1) is 0 Å². The minimum Gasteiger partial charge on any atom is -0.379 e. The normalized spacial score (nSPS) is 17.2. The second kappa shape index (κ2) is 6.73. The fourth-order valence-corrected chi connectivity index (χ4v) is 9.14. The lowest BCUT2D eigenvalue weighted by molar-refractivity contribution is 0.0736. The zero-order chi connectivity index (χ0) is 16.3. The van der Waals surface area contributed by atoms with Crippen molar-refractivity contribution < 1.29 is 4.74 Å². The average molecular weight is 328 g/mol. The van der Waals surface area contributed by atoms with Crippen LogP contribution in [0.5, 0.6) is 0 Å². The van der Waals surface area contributed by atoms with E-state index >= 15 is 0 Å².